The molecule has 0 bridgehead atoms. The van der Waals surface area contributed by atoms with E-state index in [0.29, 0.717) is 29.1 Å². The van der Waals surface area contributed by atoms with Gasteiger partial charge in [0.15, 0.2) is 11.3 Å². The van der Waals surface area contributed by atoms with Crippen LogP contribution in [-0.2, 0) is 19.4 Å². The molecule has 0 spiro atoms. The number of hydrogen-bond donors (Lipinski definition) is 2. The molecular weight excluding hydrogens is 388 g/mol. The number of hydrogen-bond acceptors (Lipinski definition) is 3. The molecule has 1 saturated heterocycles. The number of aryl methyl sites for hydroxylation is 1. The molecule has 1 aromatic carbocycles. The van der Waals surface area contributed by atoms with Crippen LogP contribution in [0.1, 0.15) is 63.6 Å². The number of ether oxygens (including phenoxy) is 1. The van der Waals surface area contributed by atoms with Gasteiger partial charge < -0.3 is 14.5 Å². The maximum atomic E-state index is 12.6. The average molecular weight is 419 g/mol. The SMILES string of the molecule is CC1(C)CC([NH+]2COc3c(Cl)cc4c5c(c(=O)oc4c3C2)CCC5)CC(C)(C)[NH2+]1. The van der Waals surface area contributed by atoms with Gasteiger partial charge in [-0.3, -0.25) is 4.90 Å². The molecule has 2 aromatic rings. The van der Waals surface area contributed by atoms with Gasteiger partial charge in [-0.05, 0) is 58.6 Å². The Morgan fingerprint density at radius 3 is 2.52 bits per heavy atom. The molecule has 2 aliphatic heterocycles. The minimum Gasteiger partial charge on any atom is -0.443 e. The van der Waals surface area contributed by atoms with Gasteiger partial charge in [0.2, 0.25) is 6.73 Å². The van der Waals surface area contributed by atoms with Gasteiger partial charge in [0.05, 0.1) is 34.5 Å². The van der Waals surface area contributed by atoms with Gasteiger partial charge in [0, 0.05) is 10.9 Å². The minimum atomic E-state index is -0.184. The van der Waals surface area contributed by atoms with E-state index >= 15 is 0 Å². The molecule has 1 unspecified atom stereocenters. The van der Waals surface area contributed by atoms with Crippen molar-refractivity contribution in [2.75, 3.05) is 6.73 Å². The van der Waals surface area contributed by atoms with Gasteiger partial charge in [-0.1, -0.05) is 11.6 Å². The largest absolute Gasteiger partial charge is 0.443 e. The van der Waals surface area contributed by atoms with Crippen LogP contribution in [0.2, 0.25) is 5.02 Å². The van der Waals surface area contributed by atoms with Crippen LogP contribution in [0.25, 0.3) is 11.0 Å². The molecule has 5 rings (SSSR count). The van der Waals surface area contributed by atoms with E-state index < -0.39 is 0 Å². The molecule has 0 radical (unpaired) electrons. The van der Waals surface area contributed by atoms with Crippen molar-refractivity contribution in [1.82, 2.24) is 0 Å². The summed E-state index contributed by atoms with van der Waals surface area (Å²) in [4.78, 5) is 14.0. The lowest BCUT2D eigenvalue weighted by molar-refractivity contribution is -0.969. The predicted octanol–water partition coefficient (Wildman–Crippen LogP) is 1.95. The lowest BCUT2D eigenvalue weighted by Crippen LogP contribution is -3.20. The van der Waals surface area contributed by atoms with Crippen LogP contribution in [0.5, 0.6) is 5.75 Å². The Hall–Kier alpha value is -1.56. The first-order chi connectivity index (χ1) is 13.6. The number of nitrogens with two attached hydrogens (primary N) is 1. The molecule has 156 valence electrons. The zero-order chi connectivity index (χ0) is 20.6. The maximum absolute atomic E-state index is 12.6. The minimum absolute atomic E-state index is 0.184. The van der Waals surface area contributed by atoms with Crippen LogP contribution in [-0.4, -0.2) is 23.9 Å². The first-order valence-electron chi connectivity index (χ1n) is 10.8. The van der Waals surface area contributed by atoms with Crippen molar-refractivity contribution < 1.29 is 19.4 Å². The fourth-order valence-electron chi connectivity index (χ4n) is 6.26. The Morgan fingerprint density at radius 1 is 1.10 bits per heavy atom. The highest BCUT2D eigenvalue weighted by atomic mass is 35.5. The second-order valence-corrected chi connectivity index (χ2v) is 11.0. The second-order valence-electron chi connectivity index (χ2n) is 10.6. The van der Waals surface area contributed by atoms with Crippen molar-refractivity contribution >= 4 is 22.6 Å². The average Bonchev–Trinajstić information content (AvgIpc) is 3.11. The van der Waals surface area contributed by atoms with Gasteiger partial charge in [0.1, 0.15) is 12.6 Å². The molecule has 1 fully saturated rings. The molecule has 1 aromatic heterocycles. The second kappa shape index (κ2) is 6.47. The normalized spacial score (nSPS) is 25.5. The molecule has 0 amide bonds. The molecule has 3 aliphatic rings. The van der Waals surface area contributed by atoms with Crippen LogP contribution in [0, 0.1) is 0 Å². The van der Waals surface area contributed by atoms with Crippen LogP contribution in [0.15, 0.2) is 15.3 Å². The van der Waals surface area contributed by atoms with Crippen LogP contribution >= 0.6 is 11.6 Å². The van der Waals surface area contributed by atoms with E-state index in [0.717, 1.165) is 60.7 Å². The Bertz CT molecular complexity index is 1040. The molecule has 5 nitrogen and oxygen atoms in total. The highest BCUT2D eigenvalue weighted by molar-refractivity contribution is 6.33. The van der Waals surface area contributed by atoms with Gasteiger partial charge >= 0.3 is 5.63 Å². The molecule has 0 saturated carbocycles. The van der Waals surface area contributed by atoms with Crippen molar-refractivity contribution in [1.29, 1.82) is 0 Å². The number of halogens is 1. The summed E-state index contributed by atoms with van der Waals surface area (Å²) >= 11 is 6.63. The Morgan fingerprint density at radius 2 is 1.79 bits per heavy atom. The van der Waals surface area contributed by atoms with Gasteiger partial charge in [-0.2, -0.15) is 0 Å². The van der Waals surface area contributed by atoms with Crippen molar-refractivity contribution in [3.8, 4) is 5.75 Å². The number of piperidine rings is 1. The molecule has 3 heterocycles. The van der Waals surface area contributed by atoms with Crippen molar-refractivity contribution in [2.45, 2.75) is 83.5 Å². The monoisotopic (exact) mass is 418 g/mol. The van der Waals surface area contributed by atoms with E-state index in [4.69, 9.17) is 20.8 Å². The van der Waals surface area contributed by atoms with E-state index in [2.05, 4.69) is 33.0 Å². The summed E-state index contributed by atoms with van der Waals surface area (Å²) in [5, 5.41) is 4.14. The lowest BCUT2D eigenvalue weighted by atomic mass is 9.79. The number of fused-ring (bicyclic) bond motifs is 5. The quantitative estimate of drug-likeness (QED) is 0.696. The van der Waals surface area contributed by atoms with Crippen LogP contribution in [0.3, 0.4) is 0 Å². The predicted molar refractivity (Wildman–Crippen MR) is 113 cm³/mol. The van der Waals surface area contributed by atoms with E-state index in [1.165, 1.54) is 4.90 Å². The molecule has 3 N–H and O–H groups in total. The van der Waals surface area contributed by atoms with Crippen LogP contribution in [0.4, 0.5) is 0 Å². The number of benzene rings is 1. The standard InChI is InChI=1S/C23H29ClN2O3/c1-22(2)9-13(10-23(3,4)25-22)26-11-17-19-16(8-18(24)20(17)28-12-26)14-6-5-7-15(14)21(27)29-19/h8,13,25H,5-7,9-12H2,1-4H3/p+2. The molecule has 29 heavy (non-hydrogen) atoms. The fourth-order valence-corrected chi connectivity index (χ4v) is 6.53. The summed E-state index contributed by atoms with van der Waals surface area (Å²) < 4.78 is 12.0. The fraction of sp³-hybridized carbons (Fsp3) is 0.609. The van der Waals surface area contributed by atoms with Crippen molar-refractivity contribution in [2.24, 2.45) is 0 Å². The van der Waals surface area contributed by atoms with E-state index in [1.54, 1.807) is 0 Å². The van der Waals surface area contributed by atoms with Crippen molar-refractivity contribution in [3.63, 3.8) is 0 Å². The number of rotatable bonds is 1. The lowest BCUT2D eigenvalue weighted by Gasteiger charge is -2.45. The third kappa shape index (κ3) is 3.28. The molecule has 1 aliphatic carbocycles. The van der Waals surface area contributed by atoms with Gasteiger partial charge in [-0.25, -0.2) is 4.79 Å². The van der Waals surface area contributed by atoms with Gasteiger partial charge in [-0.15, -0.1) is 0 Å². The highest BCUT2D eigenvalue weighted by Gasteiger charge is 2.47. The summed E-state index contributed by atoms with van der Waals surface area (Å²) in [6, 6.07) is 2.43. The summed E-state index contributed by atoms with van der Waals surface area (Å²) in [5.74, 6) is 0.699. The Labute approximate surface area is 176 Å². The Balaban J connectivity index is 1.58. The first-order valence-corrected chi connectivity index (χ1v) is 11.2. The summed E-state index contributed by atoms with van der Waals surface area (Å²) in [7, 11) is 0. The zero-order valence-electron chi connectivity index (χ0n) is 17.8. The molecule has 1 atom stereocenters. The third-order valence-corrected chi connectivity index (χ3v) is 7.26. The summed E-state index contributed by atoms with van der Waals surface area (Å²) in [6.07, 6.45) is 4.98. The smallest absolute Gasteiger partial charge is 0.339 e. The zero-order valence-corrected chi connectivity index (χ0v) is 18.5. The maximum Gasteiger partial charge on any atom is 0.339 e. The summed E-state index contributed by atoms with van der Waals surface area (Å²) in [5.41, 5.74) is 3.82. The van der Waals surface area contributed by atoms with Gasteiger partial charge in [0.25, 0.3) is 0 Å². The van der Waals surface area contributed by atoms with E-state index in [1.807, 2.05) is 6.07 Å². The first kappa shape index (κ1) is 19.4. The Kier molecular flexibility index (Phi) is 4.33. The number of nitrogens with one attached hydrogen (secondary N) is 1. The van der Waals surface area contributed by atoms with E-state index in [9.17, 15) is 4.79 Å². The van der Waals surface area contributed by atoms with E-state index in [-0.39, 0.29) is 16.7 Å². The molecule has 6 heteroatoms. The highest BCUT2D eigenvalue weighted by Crippen LogP contribution is 2.39. The van der Waals surface area contributed by atoms with Crippen molar-refractivity contribution in [3.05, 3.63) is 38.2 Å². The van der Waals surface area contributed by atoms with Crippen LogP contribution < -0.4 is 20.6 Å². The third-order valence-electron chi connectivity index (χ3n) is 6.97. The molecular formula is C23H31ClN2O3+2. The summed E-state index contributed by atoms with van der Waals surface area (Å²) in [6.45, 7) is 10.7. The number of quaternary nitrogens is 2. The topological polar surface area (TPSA) is 60.5 Å².